The Labute approximate surface area is 194 Å². The van der Waals surface area contributed by atoms with Crippen molar-refractivity contribution >= 4 is 35.0 Å². The van der Waals surface area contributed by atoms with Crippen molar-refractivity contribution in [3.05, 3.63) is 95.6 Å². The summed E-state index contributed by atoms with van der Waals surface area (Å²) < 4.78 is 0. The first-order valence-corrected chi connectivity index (χ1v) is 11.8. The lowest BCUT2D eigenvalue weighted by molar-refractivity contribution is -0.115. The summed E-state index contributed by atoms with van der Waals surface area (Å²) in [5, 5.41) is 5.66. The van der Waals surface area contributed by atoms with Crippen LogP contribution in [-0.2, 0) is 16.0 Å². The van der Waals surface area contributed by atoms with Crippen LogP contribution in [0.2, 0.25) is 0 Å². The fraction of sp³-hybridized carbons (Fsp3) is 0.259. The summed E-state index contributed by atoms with van der Waals surface area (Å²) in [7, 11) is 0. The molecule has 0 aliphatic carbocycles. The second-order valence-electron chi connectivity index (χ2n) is 8.79. The van der Waals surface area contributed by atoms with Gasteiger partial charge in [-0.3, -0.25) is 9.59 Å². The Balaban J connectivity index is 1.57. The molecule has 0 bridgehead atoms. The van der Waals surface area contributed by atoms with E-state index in [0.717, 1.165) is 5.75 Å². The minimum atomic E-state index is -0.199. The molecule has 32 heavy (non-hydrogen) atoms. The third-order valence-electron chi connectivity index (χ3n) is 5.11. The lowest BCUT2D eigenvalue weighted by atomic mass is 9.87. The summed E-state index contributed by atoms with van der Waals surface area (Å²) in [4.78, 5) is 25.2. The van der Waals surface area contributed by atoms with Crippen LogP contribution in [0.5, 0.6) is 0 Å². The van der Waals surface area contributed by atoms with E-state index in [9.17, 15) is 9.59 Å². The van der Waals surface area contributed by atoms with E-state index < -0.39 is 0 Å². The van der Waals surface area contributed by atoms with E-state index in [1.807, 2.05) is 67.6 Å². The zero-order valence-corrected chi connectivity index (χ0v) is 19.8. The zero-order chi connectivity index (χ0) is 23.1. The largest absolute Gasteiger partial charge is 0.325 e. The lowest BCUT2D eigenvalue weighted by Crippen LogP contribution is -2.22. The van der Waals surface area contributed by atoms with Gasteiger partial charge in [0, 0.05) is 22.7 Å². The maximum absolute atomic E-state index is 12.6. The van der Waals surface area contributed by atoms with Crippen molar-refractivity contribution in [2.24, 2.45) is 0 Å². The molecule has 5 heteroatoms. The van der Waals surface area contributed by atoms with Crippen LogP contribution in [0.15, 0.2) is 78.9 Å². The highest BCUT2D eigenvalue weighted by Crippen LogP contribution is 2.23. The summed E-state index contributed by atoms with van der Waals surface area (Å²) in [5.41, 5.74) is 4.30. The molecular formula is C27H30N2O2S. The first kappa shape index (κ1) is 23.6. The molecule has 0 fully saturated rings. The van der Waals surface area contributed by atoms with E-state index in [4.69, 9.17) is 0 Å². The quantitative estimate of drug-likeness (QED) is 0.436. The van der Waals surface area contributed by atoms with Crippen LogP contribution in [0.25, 0.3) is 0 Å². The summed E-state index contributed by atoms with van der Waals surface area (Å²) >= 11 is 1.59. The summed E-state index contributed by atoms with van der Waals surface area (Å²) in [6, 6.07) is 25.0. The molecule has 0 aliphatic rings. The molecule has 2 amide bonds. The predicted molar refractivity (Wildman–Crippen MR) is 135 cm³/mol. The second-order valence-corrected chi connectivity index (χ2v) is 10.1. The average Bonchev–Trinajstić information content (AvgIpc) is 2.78. The highest BCUT2D eigenvalue weighted by molar-refractivity contribution is 7.99. The summed E-state index contributed by atoms with van der Waals surface area (Å²) in [6.07, 6.45) is 0. The molecule has 0 aromatic heterocycles. The molecule has 2 N–H and O–H groups in total. The maximum atomic E-state index is 12.6. The van der Waals surface area contributed by atoms with Crippen LogP contribution in [-0.4, -0.2) is 17.1 Å². The smallest absolute Gasteiger partial charge is 0.255 e. The molecule has 166 valence electrons. The van der Waals surface area contributed by atoms with Crippen LogP contribution < -0.4 is 10.6 Å². The minimum absolute atomic E-state index is 0.0397. The van der Waals surface area contributed by atoms with Crippen LogP contribution in [0.3, 0.4) is 0 Å². The molecule has 0 heterocycles. The monoisotopic (exact) mass is 446 g/mol. The van der Waals surface area contributed by atoms with Gasteiger partial charge in [0.05, 0.1) is 5.25 Å². The molecule has 0 spiro atoms. The number of hydrogen-bond acceptors (Lipinski definition) is 3. The highest BCUT2D eigenvalue weighted by atomic mass is 32.2. The van der Waals surface area contributed by atoms with E-state index >= 15 is 0 Å². The SMILES string of the molecule is CC(SCc1ccccc1)C(=O)Nc1cccc(NC(=O)c2ccc(C(C)(C)C)cc2)c1. The molecule has 0 radical (unpaired) electrons. The first-order chi connectivity index (χ1) is 15.2. The van der Waals surface area contributed by atoms with Crippen molar-refractivity contribution in [3.8, 4) is 0 Å². The Morgan fingerprint density at radius 1 is 0.844 bits per heavy atom. The minimum Gasteiger partial charge on any atom is -0.325 e. The van der Waals surface area contributed by atoms with Gasteiger partial charge in [-0.1, -0.05) is 69.3 Å². The molecule has 0 saturated heterocycles. The van der Waals surface area contributed by atoms with Gasteiger partial charge < -0.3 is 10.6 Å². The number of carbonyl (C=O) groups excluding carboxylic acids is 2. The Morgan fingerprint density at radius 2 is 1.47 bits per heavy atom. The van der Waals surface area contributed by atoms with E-state index in [1.165, 1.54) is 11.1 Å². The van der Waals surface area contributed by atoms with E-state index in [-0.39, 0.29) is 22.5 Å². The van der Waals surface area contributed by atoms with E-state index in [2.05, 4.69) is 43.5 Å². The van der Waals surface area contributed by atoms with Crippen LogP contribution in [0.4, 0.5) is 11.4 Å². The molecule has 1 atom stereocenters. The Hall–Kier alpha value is -3.05. The topological polar surface area (TPSA) is 58.2 Å². The first-order valence-electron chi connectivity index (χ1n) is 10.7. The number of nitrogens with one attached hydrogen (secondary N) is 2. The van der Waals surface area contributed by atoms with Gasteiger partial charge in [-0.2, -0.15) is 0 Å². The number of benzene rings is 3. The number of anilines is 2. The molecular weight excluding hydrogens is 416 g/mol. The molecule has 0 aliphatic heterocycles. The molecule has 3 rings (SSSR count). The van der Waals surface area contributed by atoms with Gasteiger partial charge in [0.25, 0.3) is 5.91 Å². The van der Waals surface area contributed by atoms with Gasteiger partial charge >= 0.3 is 0 Å². The average molecular weight is 447 g/mol. The third kappa shape index (κ3) is 6.72. The molecule has 4 nitrogen and oxygen atoms in total. The van der Waals surface area contributed by atoms with Gasteiger partial charge in [0.1, 0.15) is 0 Å². The van der Waals surface area contributed by atoms with Crippen LogP contribution >= 0.6 is 11.8 Å². The Kier molecular flexibility index (Phi) is 7.75. The normalized spacial score (nSPS) is 12.1. The van der Waals surface area contributed by atoms with Gasteiger partial charge in [-0.05, 0) is 53.8 Å². The summed E-state index contributed by atoms with van der Waals surface area (Å²) in [6.45, 7) is 8.32. The molecule has 3 aromatic rings. The maximum Gasteiger partial charge on any atom is 0.255 e. The van der Waals surface area contributed by atoms with Crippen molar-refractivity contribution in [1.82, 2.24) is 0 Å². The Morgan fingerprint density at radius 3 is 2.09 bits per heavy atom. The number of thioether (sulfide) groups is 1. The van der Waals surface area contributed by atoms with Gasteiger partial charge in [0.2, 0.25) is 5.91 Å². The second kappa shape index (κ2) is 10.5. The fourth-order valence-corrected chi connectivity index (χ4v) is 3.96. The van der Waals surface area contributed by atoms with Crippen molar-refractivity contribution in [1.29, 1.82) is 0 Å². The number of hydrogen-bond donors (Lipinski definition) is 2. The predicted octanol–water partition coefficient (Wildman–Crippen LogP) is 6.50. The highest BCUT2D eigenvalue weighted by Gasteiger charge is 2.16. The number of carbonyl (C=O) groups is 2. The third-order valence-corrected chi connectivity index (χ3v) is 6.33. The molecule has 0 saturated carbocycles. The van der Waals surface area contributed by atoms with Crippen molar-refractivity contribution in [2.75, 3.05) is 10.6 Å². The number of rotatable bonds is 7. The van der Waals surface area contributed by atoms with Crippen molar-refractivity contribution in [3.63, 3.8) is 0 Å². The van der Waals surface area contributed by atoms with Crippen molar-refractivity contribution < 1.29 is 9.59 Å². The van der Waals surface area contributed by atoms with Gasteiger partial charge in [-0.15, -0.1) is 11.8 Å². The lowest BCUT2D eigenvalue weighted by Gasteiger charge is -2.19. The van der Waals surface area contributed by atoms with Crippen molar-refractivity contribution in [2.45, 2.75) is 44.1 Å². The van der Waals surface area contributed by atoms with Gasteiger partial charge in [-0.25, -0.2) is 0 Å². The zero-order valence-electron chi connectivity index (χ0n) is 19.0. The van der Waals surface area contributed by atoms with E-state index in [1.54, 1.807) is 17.8 Å². The molecule has 1 unspecified atom stereocenters. The van der Waals surface area contributed by atoms with Crippen LogP contribution in [0, 0.1) is 0 Å². The molecule has 3 aromatic carbocycles. The summed E-state index contributed by atoms with van der Waals surface area (Å²) in [5.74, 6) is 0.535. The van der Waals surface area contributed by atoms with E-state index in [0.29, 0.717) is 16.9 Å². The van der Waals surface area contributed by atoms with Crippen LogP contribution in [0.1, 0.15) is 49.2 Å². The standard InChI is InChI=1S/C27H30N2O2S/c1-19(32-18-20-9-6-5-7-10-20)25(30)28-23-11-8-12-24(17-23)29-26(31)21-13-15-22(16-14-21)27(2,3)4/h5-17,19H,18H2,1-4H3,(H,28,30)(H,29,31). The number of amides is 2. The van der Waals surface area contributed by atoms with Gasteiger partial charge in [0.15, 0.2) is 0 Å². The fourth-order valence-electron chi connectivity index (χ4n) is 3.11. The Bertz CT molecular complexity index is 1060.